The lowest BCUT2D eigenvalue weighted by atomic mass is 10.1. The summed E-state index contributed by atoms with van der Waals surface area (Å²) >= 11 is 0. The van der Waals surface area contributed by atoms with Gasteiger partial charge in [0.05, 0.1) is 5.69 Å². The number of hydrogen-bond acceptors (Lipinski definition) is 2. The van der Waals surface area contributed by atoms with Gasteiger partial charge in [0.15, 0.2) is 0 Å². The molecule has 3 rings (SSSR count). The largest absolute Gasteiger partial charge is 0.481 e. The van der Waals surface area contributed by atoms with Crippen LogP contribution in [-0.2, 0) is 11.3 Å². The summed E-state index contributed by atoms with van der Waals surface area (Å²) in [5.74, 6) is 0.301. The van der Waals surface area contributed by atoms with E-state index in [4.69, 9.17) is 10.1 Å². The molecule has 1 N–H and O–H groups in total. The van der Waals surface area contributed by atoms with E-state index in [2.05, 4.69) is 35.0 Å². The van der Waals surface area contributed by atoms with Crippen LogP contribution >= 0.6 is 0 Å². The first-order valence-electron chi connectivity index (χ1n) is 9.64. The number of aliphatic carboxylic acids is 1. The molecule has 3 aromatic rings. The molecule has 0 aliphatic rings. The minimum absolute atomic E-state index is 0.278. The van der Waals surface area contributed by atoms with Crippen molar-refractivity contribution in [3.05, 3.63) is 66.9 Å². The second-order valence-electron chi connectivity index (χ2n) is 6.79. The molecule has 0 saturated carbocycles. The number of benzene rings is 2. The van der Waals surface area contributed by atoms with Crippen LogP contribution in [0, 0.1) is 0 Å². The zero-order chi connectivity index (χ0) is 18.9. The van der Waals surface area contributed by atoms with Gasteiger partial charge < -0.3 is 9.67 Å². The number of imidazole rings is 1. The Kier molecular flexibility index (Phi) is 6.80. The second kappa shape index (κ2) is 9.72. The van der Waals surface area contributed by atoms with Crippen molar-refractivity contribution in [3.8, 4) is 22.6 Å². The van der Waals surface area contributed by atoms with Crippen LogP contribution in [-0.4, -0.2) is 20.6 Å². The zero-order valence-corrected chi connectivity index (χ0v) is 15.6. The quantitative estimate of drug-likeness (QED) is 0.475. The molecule has 0 amide bonds. The van der Waals surface area contributed by atoms with Gasteiger partial charge in [-0.3, -0.25) is 4.79 Å². The molecule has 4 heteroatoms. The highest BCUT2D eigenvalue weighted by Crippen LogP contribution is 2.25. The highest BCUT2D eigenvalue weighted by atomic mass is 16.4. The third-order valence-electron chi connectivity index (χ3n) is 4.67. The van der Waals surface area contributed by atoms with E-state index in [9.17, 15) is 4.79 Å². The first kappa shape index (κ1) is 18.9. The van der Waals surface area contributed by atoms with Crippen molar-refractivity contribution in [3.63, 3.8) is 0 Å². The van der Waals surface area contributed by atoms with Crippen LogP contribution < -0.4 is 0 Å². The van der Waals surface area contributed by atoms with Gasteiger partial charge in [-0.25, -0.2) is 4.98 Å². The number of carboxylic acids is 1. The van der Waals surface area contributed by atoms with Crippen molar-refractivity contribution in [2.75, 3.05) is 0 Å². The van der Waals surface area contributed by atoms with Gasteiger partial charge in [0.2, 0.25) is 0 Å². The fraction of sp³-hybridized carbons (Fsp3) is 0.304. The van der Waals surface area contributed by atoms with Gasteiger partial charge in [0.25, 0.3) is 0 Å². The topological polar surface area (TPSA) is 55.1 Å². The Morgan fingerprint density at radius 1 is 0.815 bits per heavy atom. The van der Waals surface area contributed by atoms with Crippen LogP contribution in [0.25, 0.3) is 22.6 Å². The van der Waals surface area contributed by atoms with E-state index in [1.54, 1.807) is 0 Å². The predicted octanol–water partition coefficient (Wildman–Crippen LogP) is 5.64. The smallest absolute Gasteiger partial charge is 0.303 e. The minimum Gasteiger partial charge on any atom is -0.481 e. The average molecular weight is 362 g/mol. The van der Waals surface area contributed by atoms with E-state index in [0.717, 1.165) is 61.3 Å². The number of rotatable bonds is 10. The second-order valence-corrected chi connectivity index (χ2v) is 6.79. The summed E-state index contributed by atoms with van der Waals surface area (Å²) in [5.41, 5.74) is 3.25. The van der Waals surface area contributed by atoms with E-state index in [-0.39, 0.29) is 6.42 Å². The summed E-state index contributed by atoms with van der Waals surface area (Å²) in [6.07, 6.45) is 7.42. The zero-order valence-electron chi connectivity index (χ0n) is 15.6. The molecule has 0 fully saturated rings. The number of unbranched alkanes of at least 4 members (excludes halogenated alkanes) is 4. The molecule has 0 saturated heterocycles. The molecule has 0 aliphatic heterocycles. The normalized spacial score (nSPS) is 10.8. The number of carboxylic acid groups (broad SMARTS) is 1. The molecule has 27 heavy (non-hydrogen) atoms. The molecule has 0 bridgehead atoms. The maximum Gasteiger partial charge on any atom is 0.303 e. The molecule has 4 nitrogen and oxygen atoms in total. The SMILES string of the molecule is O=C(O)CCCCCCCn1cc(-c2ccccc2)nc1-c1ccccc1. The Hall–Kier alpha value is -2.88. The molecule has 1 aromatic heterocycles. The highest BCUT2D eigenvalue weighted by Gasteiger charge is 2.11. The van der Waals surface area contributed by atoms with Crippen molar-refractivity contribution < 1.29 is 9.90 Å². The molecular weight excluding hydrogens is 336 g/mol. The van der Waals surface area contributed by atoms with E-state index in [1.165, 1.54) is 0 Å². The molecule has 0 radical (unpaired) electrons. The van der Waals surface area contributed by atoms with Gasteiger partial charge in [0.1, 0.15) is 5.82 Å². The summed E-state index contributed by atoms with van der Waals surface area (Å²) in [6, 6.07) is 20.6. The summed E-state index contributed by atoms with van der Waals surface area (Å²) in [7, 11) is 0. The monoisotopic (exact) mass is 362 g/mol. The Bertz CT molecular complexity index is 841. The summed E-state index contributed by atoms with van der Waals surface area (Å²) in [4.78, 5) is 15.5. The van der Waals surface area contributed by atoms with Crippen molar-refractivity contribution in [2.24, 2.45) is 0 Å². The summed E-state index contributed by atoms with van der Waals surface area (Å²) < 4.78 is 2.24. The van der Waals surface area contributed by atoms with E-state index < -0.39 is 5.97 Å². The van der Waals surface area contributed by atoms with Gasteiger partial charge in [0, 0.05) is 30.3 Å². The fourth-order valence-electron chi connectivity index (χ4n) is 3.24. The summed E-state index contributed by atoms with van der Waals surface area (Å²) in [6.45, 7) is 0.920. The molecule has 1 heterocycles. The number of aromatic nitrogens is 2. The molecule has 2 aromatic carbocycles. The molecule has 0 spiro atoms. The first-order valence-corrected chi connectivity index (χ1v) is 9.64. The van der Waals surface area contributed by atoms with Crippen molar-refractivity contribution in [2.45, 2.75) is 45.1 Å². The third-order valence-corrected chi connectivity index (χ3v) is 4.67. The van der Waals surface area contributed by atoms with E-state index in [0.29, 0.717) is 0 Å². The summed E-state index contributed by atoms with van der Waals surface area (Å²) in [5, 5.41) is 8.69. The number of aryl methyl sites for hydroxylation is 1. The van der Waals surface area contributed by atoms with E-state index >= 15 is 0 Å². The van der Waals surface area contributed by atoms with Crippen LogP contribution in [0.5, 0.6) is 0 Å². The lowest BCUT2D eigenvalue weighted by molar-refractivity contribution is -0.137. The van der Waals surface area contributed by atoms with Crippen LogP contribution in [0.2, 0.25) is 0 Å². The van der Waals surface area contributed by atoms with Gasteiger partial charge in [-0.1, -0.05) is 79.9 Å². The van der Waals surface area contributed by atoms with Gasteiger partial charge in [-0.05, 0) is 12.8 Å². The van der Waals surface area contributed by atoms with Crippen molar-refractivity contribution in [1.82, 2.24) is 9.55 Å². The van der Waals surface area contributed by atoms with Crippen LogP contribution in [0.3, 0.4) is 0 Å². The fourth-order valence-corrected chi connectivity index (χ4v) is 3.24. The molecular formula is C23H26N2O2. The highest BCUT2D eigenvalue weighted by molar-refractivity contribution is 5.66. The molecule has 0 atom stereocenters. The maximum atomic E-state index is 10.6. The van der Waals surface area contributed by atoms with Crippen LogP contribution in [0.4, 0.5) is 0 Å². The Balaban J connectivity index is 1.66. The van der Waals surface area contributed by atoms with Crippen LogP contribution in [0.15, 0.2) is 66.9 Å². The lowest BCUT2D eigenvalue weighted by Gasteiger charge is -2.07. The van der Waals surface area contributed by atoms with Gasteiger partial charge in [-0.2, -0.15) is 0 Å². The minimum atomic E-state index is -0.700. The maximum absolute atomic E-state index is 10.6. The Morgan fingerprint density at radius 2 is 1.41 bits per heavy atom. The Morgan fingerprint density at radius 3 is 2.07 bits per heavy atom. The Labute approximate surface area is 160 Å². The number of hydrogen-bond donors (Lipinski definition) is 1. The van der Waals surface area contributed by atoms with Gasteiger partial charge >= 0.3 is 5.97 Å². The predicted molar refractivity (Wildman–Crippen MR) is 108 cm³/mol. The van der Waals surface area contributed by atoms with E-state index in [1.807, 2.05) is 36.4 Å². The molecule has 0 unspecified atom stereocenters. The number of carbonyl (C=O) groups is 1. The van der Waals surface area contributed by atoms with Crippen LogP contribution in [0.1, 0.15) is 38.5 Å². The molecule has 140 valence electrons. The third kappa shape index (κ3) is 5.55. The van der Waals surface area contributed by atoms with Crippen molar-refractivity contribution in [1.29, 1.82) is 0 Å². The first-order chi connectivity index (χ1) is 13.2. The van der Waals surface area contributed by atoms with Gasteiger partial charge in [-0.15, -0.1) is 0 Å². The number of nitrogens with zero attached hydrogens (tertiary/aromatic N) is 2. The molecule has 0 aliphatic carbocycles. The van der Waals surface area contributed by atoms with Crippen molar-refractivity contribution >= 4 is 5.97 Å². The standard InChI is InChI=1S/C23H26N2O2/c26-22(27)16-10-2-1-3-11-17-25-18-21(19-12-6-4-7-13-19)24-23(25)20-14-8-5-9-15-20/h4-9,12-15,18H,1-3,10-11,16-17H2,(H,26,27). The lowest BCUT2D eigenvalue weighted by Crippen LogP contribution is -2.00. The average Bonchev–Trinajstić information content (AvgIpc) is 3.12.